The number of hydrogen-bond donors (Lipinski definition) is 1. The number of nitrogens with one attached hydrogen (secondary N) is 1. The molecular weight excluding hydrogens is 234 g/mol. The average molecular weight is 267 g/mol. The van der Waals surface area contributed by atoms with Gasteiger partial charge in [-0.3, -0.25) is 0 Å². The van der Waals surface area contributed by atoms with E-state index in [1.54, 1.807) is 0 Å². The van der Waals surface area contributed by atoms with E-state index < -0.39 is 0 Å². The van der Waals surface area contributed by atoms with Gasteiger partial charge < -0.3 is 10.1 Å². The van der Waals surface area contributed by atoms with Crippen molar-refractivity contribution in [3.8, 4) is 0 Å². The van der Waals surface area contributed by atoms with Gasteiger partial charge in [0.25, 0.3) is 0 Å². The zero-order valence-corrected chi connectivity index (χ0v) is 14.1. The van der Waals surface area contributed by atoms with Gasteiger partial charge in [0.05, 0.1) is 6.10 Å². The summed E-state index contributed by atoms with van der Waals surface area (Å²) in [5.41, 5.74) is 1.11. The predicted octanol–water partition coefficient (Wildman–Crippen LogP) is 3.85. The molecule has 0 aromatic carbocycles. The van der Waals surface area contributed by atoms with E-state index in [1.807, 2.05) is 0 Å². The molecule has 2 atom stereocenters. The zero-order valence-electron chi connectivity index (χ0n) is 14.1. The van der Waals surface area contributed by atoms with E-state index >= 15 is 0 Å². The maximum atomic E-state index is 6.05. The molecule has 0 aliphatic heterocycles. The van der Waals surface area contributed by atoms with Crippen LogP contribution in [0.3, 0.4) is 0 Å². The quantitative estimate of drug-likeness (QED) is 0.817. The van der Waals surface area contributed by atoms with Gasteiger partial charge in [0.1, 0.15) is 0 Å². The summed E-state index contributed by atoms with van der Waals surface area (Å²) in [5.74, 6) is 0.629. The van der Waals surface area contributed by atoms with Crippen molar-refractivity contribution in [3.63, 3.8) is 0 Å². The van der Waals surface area contributed by atoms with Crippen molar-refractivity contribution in [2.75, 3.05) is 6.61 Å². The van der Waals surface area contributed by atoms with Crippen LogP contribution in [0.5, 0.6) is 0 Å². The van der Waals surface area contributed by atoms with E-state index in [1.165, 1.54) is 6.42 Å². The summed E-state index contributed by atoms with van der Waals surface area (Å²) in [4.78, 5) is 0. The van der Waals surface area contributed by atoms with Crippen molar-refractivity contribution in [2.45, 2.75) is 80.0 Å². The van der Waals surface area contributed by atoms with Gasteiger partial charge in [-0.25, -0.2) is 0 Å². The molecule has 2 heteroatoms. The van der Waals surface area contributed by atoms with Crippen molar-refractivity contribution >= 4 is 0 Å². The highest BCUT2D eigenvalue weighted by atomic mass is 16.5. The van der Waals surface area contributed by atoms with Crippen LogP contribution < -0.4 is 5.32 Å². The van der Waals surface area contributed by atoms with Gasteiger partial charge >= 0.3 is 0 Å². The van der Waals surface area contributed by atoms with Gasteiger partial charge in [0.15, 0.2) is 0 Å². The molecule has 0 heterocycles. The standard InChI is InChI=1S/C17H33NO/c1-11(2)10-19-13-9-12(15(13,3)4)18-14-16(5,6)17(14,7)8/h11-14,18H,9-10H2,1-8H3. The first-order valence-corrected chi connectivity index (χ1v) is 7.89. The lowest BCUT2D eigenvalue weighted by atomic mass is 9.64. The molecule has 0 saturated heterocycles. The molecule has 2 unspecified atom stereocenters. The average Bonchev–Trinajstić information content (AvgIpc) is 2.63. The predicted molar refractivity (Wildman–Crippen MR) is 81.2 cm³/mol. The molecule has 0 aromatic heterocycles. The Morgan fingerprint density at radius 1 is 1.05 bits per heavy atom. The third-order valence-electron chi connectivity index (χ3n) is 6.20. The largest absolute Gasteiger partial charge is 0.377 e. The zero-order chi connectivity index (χ0) is 14.6. The van der Waals surface area contributed by atoms with Crippen molar-refractivity contribution < 1.29 is 4.74 Å². The van der Waals surface area contributed by atoms with Crippen LogP contribution in [0, 0.1) is 22.2 Å². The van der Waals surface area contributed by atoms with Gasteiger partial charge in [0.2, 0.25) is 0 Å². The first-order valence-electron chi connectivity index (χ1n) is 7.89. The molecular formula is C17H33NO. The second-order valence-corrected chi connectivity index (χ2v) is 8.87. The summed E-state index contributed by atoms with van der Waals surface area (Å²) in [7, 11) is 0. The molecule has 0 radical (unpaired) electrons. The van der Waals surface area contributed by atoms with Crippen molar-refractivity contribution in [3.05, 3.63) is 0 Å². The van der Waals surface area contributed by atoms with Gasteiger partial charge in [-0.1, -0.05) is 55.4 Å². The molecule has 2 saturated carbocycles. The minimum Gasteiger partial charge on any atom is -0.377 e. The third-order valence-corrected chi connectivity index (χ3v) is 6.20. The minimum atomic E-state index is 0.267. The normalized spacial score (nSPS) is 35.2. The maximum Gasteiger partial charge on any atom is 0.0656 e. The van der Waals surface area contributed by atoms with Gasteiger partial charge in [-0.05, 0) is 23.2 Å². The molecule has 0 spiro atoms. The summed E-state index contributed by atoms with van der Waals surface area (Å²) in [6.07, 6.45) is 1.60. The minimum absolute atomic E-state index is 0.267. The van der Waals surface area contributed by atoms with Crippen LogP contribution in [0.25, 0.3) is 0 Å². The van der Waals surface area contributed by atoms with E-state index in [2.05, 4.69) is 60.7 Å². The fraction of sp³-hybridized carbons (Fsp3) is 1.00. The molecule has 2 fully saturated rings. The lowest BCUT2D eigenvalue weighted by Crippen LogP contribution is -2.62. The second kappa shape index (κ2) is 4.46. The van der Waals surface area contributed by atoms with Crippen LogP contribution >= 0.6 is 0 Å². The Balaban J connectivity index is 1.86. The van der Waals surface area contributed by atoms with Crippen LogP contribution in [0.1, 0.15) is 61.8 Å². The summed E-state index contributed by atoms with van der Waals surface area (Å²) in [6.45, 7) is 19.5. The molecule has 1 N–H and O–H groups in total. The van der Waals surface area contributed by atoms with Crippen LogP contribution in [0.4, 0.5) is 0 Å². The highest BCUT2D eigenvalue weighted by Gasteiger charge is 2.66. The highest BCUT2D eigenvalue weighted by molar-refractivity contribution is 5.20. The third kappa shape index (κ3) is 2.35. The van der Waals surface area contributed by atoms with E-state index in [-0.39, 0.29) is 5.41 Å². The van der Waals surface area contributed by atoms with Crippen molar-refractivity contribution in [1.29, 1.82) is 0 Å². The fourth-order valence-corrected chi connectivity index (χ4v) is 3.57. The molecule has 0 amide bonds. The monoisotopic (exact) mass is 267 g/mol. The summed E-state index contributed by atoms with van der Waals surface area (Å²) in [5, 5.41) is 3.90. The number of rotatable bonds is 5. The first-order chi connectivity index (χ1) is 8.51. The molecule has 0 bridgehead atoms. The first kappa shape index (κ1) is 15.3. The Morgan fingerprint density at radius 3 is 1.95 bits per heavy atom. The van der Waals surface area contributed by atoms with Crippen LogP contribution in [0.15, 0.2) is 0 Å². The molecule has 19 heavy (non-hydrogen) atoms. The van der Waals surface area contributed by atoms with Crippen LogP contribution in [0.2, 0.25) is 0 Å². The Kier molecular flexibility index (Phi) is 3.59. The molecule has 2 rings (SSSR count). The Morgan fingerprint density at radius 2 is 1.58 bits per heavy atom. The highest BCUT2D eigenvalue weighted by Crippen LogP contribution is 2.63. The van der Waals surface area contributed by atoms with Crippen molar-refractivity contribution in [2.24, 2.45) is 22.2 Å². The summed E-state index contributed by atoms with van der Waals surface area (Å²) in [6, 6.07) is 1.26. The van der Waals surface area contributed by atoms with E-state index in [0.29, 0.717) is 34.9 Å². The lowest BCUT2D eigenvalue weighted by molar-refractivity contribution is -0.124. The van der Waals surface area contributed by atoms with E-state index in [9.17, 15) is 0 Å². The Labute approximate surface area is 119 Å². The molecule has 2 nitrogen and oxygen atoms in total. The number of ether oxygens (including phenoxy) is 1. The second-order valence-electron chi connectivity index (χ2n) is 8.87. The lowest BCUT2D eigenvalue weighted by Gasteiger charge is -2.52. The molecule has 2 aliphatic carbocycles. The molecule has 2 aliphatic rings. The molecule has 0 aromatic rings. The maximum absolute atomic E-state index is 6.05. The van der Waals surface area contributed by atoms with Gasteiger partial charge in [0, 0.05) is 24.1 Å². The van der Waals surface area contributed by atoms with Gasteiger partial charge in [-0.2, -0.15) is 0 Å². The number of hydrogen-bond acceptors (Lipinski definition) is 2. The Bertz CT molecular complexity index is 329. The van der Waals surface area contributed by atoms with E-state index in [0.717, 1.165) is 6.61 Å². The summed E-state index contributed by atoms with van der Waals surface area (Å²) < 4.78 is 6.05. The Hall–Kier alpha value is -0.0800. The topological polar surface area (TPSA) is 21.3 Å². The SMILES string of the molecule is CC(C)COC1CC(NC2C(C)(C)C2(C)C)C1(C)C. The summed E-state index contributed by atoms with van der Waals surface area (Å²) >= 11 is 0. The van der Waals surface area contributed by atoms with Crippen LogP contribution in [-0.4, -0.2) is 24.8 Å². The van der Waals surface area contributed by atoms with Gasteiger partial charge in [-0.15, -0.1) is 0 Å². The molecule has 112 valence electrons. The van der Waals surface area contributed by atoms with Crippen LogP contribution in [-0.2, 0) is 4.74 Å². The van der Waals surface area contributed by atoms with E-state index in [4.69, 9.17) is 4.74 Å². The smallest absolute Gasteiger partial charge is 0.0656 e. The fourth-order valence-electron chi connectivity index (χ4n) is 3.57. The van der Waals surface area contributed by atoms with Crippen molar-refractivity contribution in [1.82, 2.24) is 5.32 Å².